The van der Waals surface area contributed by atoms with E-state index in [1.54, 1.807) is 20.8 Å². The molecule has 0 rings (SSSR count). The Balaban J connectivity index is 3.71. The van der Waals surface area contributed by atoms with E-state index in [0.717, 1.165) is 0 Å². The molecular weight excluding hydrogens is 191 g/mol. The second-order valence-corrected chi connectivity index (χ2v) is 3.85. The van der Waals surface area contributed by atoms with Gasteiger partial charge in [-0.05, 0) is 20.8 Å². The van der Waals surface area contributed by atoms with Crippen molar-refractivity contribution in [3.8, 4) is 0 Å². The summed E-state index contributed by atoms with van der Waals surface area (Å²) in [5.74, 6) is 4.04. The molecule has 0 amide bonds. The average Bonchev–Trinajstić information content (AvgIpc) is 1.96. The molecule has 0 aliphatic carbocycles. The van der Waals surface area contributed by atoms with E-state index in [1.165, 1.54) is 0 Å². The molecule has 14 heavy (non-hydrogen) atoms. The van der Waals surface area contributed by atoms with Gasteiger partial charge in [0.2, 0.25) is 0 Å². The minimum absolute atomic E-state index is 0.143. The minimum atomic E-state index is -1.37. The van der Waals surface area contributed by atoms with Crippen LogP contribution in [-0.4, -0.2) is 24.3 Å². The maximum atomic E-state index is 12.9. The van der Waals surface area contributed by atoms with Gasteiger partial charge >= 0.3 is 5.97 Å². The van der Waals surface area contributed by atoms with Gasteiger partial charge in [-0.3, -0.25) is 4.79 Å². The van der Waals surface area contributed by atoms with Crippen LogP contribution in [0.25, 0.3) is 0 Å². The summed E-state index contributed by atoms with van der Waals surface area (Å²) in [5.41, 5.74) is 1.52. The number of nitrogens with two attached hydrogens (primary N) is 1. The van der Waals surface area contributed by atoms with Crippen molar-refractivity contribution in [2.45, 2.75) is 39.0 Å². The summed E-state index contributed by atoms with van der Waals surface area (Å²) < 4.78 is 17.8. The fourth-order valence-electron chi connectivity index (χ4n) is 0.775. The Morgan fingerprint density at radius 1 is 1.57 bits per heavy atom. The molecule has 6 heteroatoms. The Hall–Kier alpha value is -0.720. The van der Waals surface area contributed by atoms with Crippen molar-refractivity contribution < 1.29 is 18.9 Å². The quantitative estimate of drug-likeness (QED) is 0.507. The van der Waals surface area contributed by atoms with E-state index >= 15 is 0 Å². The summed E-state index contributed by atoms with van der Waals surface area (Å²) in [5, 5.41) is 0. The van der Waals surface area contributed by atoms with Crippen LogP contribution >= 0.6 is 0 Å². The first-order valence-corrected chi connectivity index (χ1v) is 4.29. The number of nitrogens with one attached hydrogen (secondary N) is 1. The van der Waals surface area contributed by atoms with Gasteiger partial charge in [0.05, 0.1) is 13.0 Å². The topological polar surface area (TPSA) is 73.6 Å². The van der Waals surface area contributed by atoms with Crippen LogP contribution in [0.15, 0.2) is 0 Å². The van der Waals surface area contributed by atoms with Crippen LogP contribution in [0.5, 0.6) is 0 Å². The van der Waals surface area contributed by atoms with Gasteiger partial charge in [-0.2, -0.15) is 11.4 Å². The highest BCUT2D eigenvalue weighted by Gasteiger charge is 2.19. The molecule has 0 aliphatic heterocycles. The SMILES string of the molecule is CC(C)(C)OC(=O)CC(F)CNON. The molecule has 0 heterocycles. The third-order valence-electron chi connectivity index (χ3n) is 1.20. The van der Waals surface area contributed by atoms with Gasteiger partial charge in [0, 0.05) is 0 Å². The van der Waals surface area contributed by atoms with Gasteiger partial charge in [-0.1, -0.05) is 0 Å². The van der Waals surface area contributed by atoms with Crippen molar-refractivity contribution in [1.29, 1.82) is 0 Å². The van der Waals surface area contributed by atoms with E-state index in [-0.39, 0.29) is 13.0 Å². The van der Waals surface area contributed by atoms with Gasteiger partial charge in [-0.15, -0.1) is 0 Å². The van der Waals surface area contributed by atoms with E-state index in [2.05, 4.69) is 16.3 Å². The zero-order valence-electron chi connectivity index (χ0n) is 8.67. The van der Waals surface area contributed by atoms with Crippen LogP contribution in [0.3, 0.4) is 0 Å². The standard InChI is InChI=1S/C8H17FN2O3/c1-8(2,3)13-7(12)4-6(9)5-11-14-10/h6,11H,4-5,10H2,1-3H3. The van der Waals surface area contributed by atoms with Crippen LogP contribution in [0, 0.1) is 0 Å². The lowest BCUT2D eigenvalue weighted by Crippen LogP contribution is -2.31. The average molecular weight is 208 g/mol. The van der Waals surface area contributed by atoms with E-state index in [4.69, 9.17) is 4.74 Å². The van der Waals surface area contributed by atoms with Gasteiger partial charge in [0.25, 0.3) is 0 Å². The molecule has 0 saturated heterocycles. The van der Waals surface area contributed by atoms with Crippen molar-refractivity contribution >= 4 is 5.97 Å². The highest BCUT2D eigenvalue weighted by molar-refractivity contribution is 5.70. The second kappa shape index (κ2) is 5.90. The maximum absolute atomic E-state index is 12.9. The van der Waals surface area contributed by atoms with E-state index in [0.29, 0.717) is 0 Å². The van der Waals surface area contributed by atoms with Gasteiger partial charge in [-0.25, -0.2) is 9.33 Å². The number of rotatable bonds is 5. The first kappa shape index (κ1) is 13.3. The molecule has 1 unspecified atom stereocenters. The molecule has 1 atom stereocenters. The minimum Gasteiger partial charge on any atom is -0.460 e. The molecule has 0 aromatic rings. The molecule has 84 valence electrons. The third kappa shape index (κ3) is 7.90. The first-order chi connectivity index (χ1) is 6.35. The molecule has 5 nitrogen and oxygen atoms in total. The highest BCUT2D eigenvalue weighted by Crippen LogP contribution is 2.10. The summed E-state index contributed by atoms with van der Waals surface area (Å²) in [6.45, 7) is 5.02. The van der Waals surface area contributed by atoms with Crippen molar-refractivity contribution in [2.75, 3.05) is 6.54 Å². The van der Waals surface area contributed by atoms with Crippen LogP contribution in [-0.2, 0) is 14.5 Å². The molecule has 0 bridgehead atoms. The highest BCUT2D eigenvalue weighted by atomic mass is 19.1. The summed E-state index contributed by atoms with van der Waals surface area (Å²) in [6, 6.07) is 0. The van der Waals surface area contributed by atoms with Crippen molar-refractivity contribution in [3.05, 3.63) is 0 Å². The predicted octanol–water partition coefficient (Wildman–Crippen LogP) is 0.451. The molecule has 0 aromatic carbocycles. The Labute approximate surface area is 82.6 Å². The van der Waals surface area contributed by atoms with E-state index in [9.17, 15) is 9.18 Å². The summed E-state index contributed by atoms with van der Waals surface area (Å²) in [7, 11) is 0. The number of hydroxylamine groups is 1. The van der Waals surface area contributed by atoms with Gasteiger partial charge in [0.15, 0.2) is 0 Å². The number of carbonyl (C=O) groups excluding carboxylic acids is 1. The van der Waals surface area contributed by atoms with Gasteiger partial charge < -0.3 is 4.74 Å². The zero-order chi connectivity index (χ0) is 11.2. The van der Waals surface area contributed by atoms with Crippen molar-refractivity contribution in [3.63, 3.8) is 0 Å². The smallest absolute Gasteiger partial charge is 0.309 e. The number of hydrogen-bond donors (Lipinski definition) is 2. The normalized spacial score (nSPS) is 13.8. The Morgan fingerprint density at radius 3 is 2.57 bits per heavy atom. The summed E-state index contributed by atoms with van der Waals surface area (Å²) in [6.07, 6.45) is -1.68. The lowest BCUT2D eigenvalue weighted by atomic mass is 10.2. The number of carbonyl (C=O) groups is 1. The Bertz CT molecular complexity index is 182. The molecule has 0 saturated carbocycles. The van der Waals surface area contributed by atoms with Crippen LogP contribution in [0.1, 0.15) is 27.2 Å². The zero-order valence-corrected chi connectivity index (χ0v) is 8.67. The summed E-state index contributed by atoms with van der Waals surface area (Å²) >= 11 is 0. The second-order valence-electron chi connectivity index (χ2n) is 3.85. The number of alkyl halides is 1. The molecule has 0 radical (unpaired) electrons. The molecular formula is C8H17FN2O3. The first-order valence-electron chi connectivity index (χ1n) is 4.29. The molecule has 0 spiro atoms. The van der Waals surface area contributed by atoms with Crippen LogP contribution in [0.4, 0.5) is 4.39 Å². The van der Waals surface area contributed by atoms with Crippen molar-refractivity contribution in [2.24, 2.45) is 5.90 Å². The third-order valence-corrected chi connectivity index (χ3v) is 1.20. The predicted molar refractivity (Wildman–Crippen MR) is 48.6 cm³/mol. The van der Waals surface area contributed by atoms with Gasteiger partial charge in [0.1, 0.15) is 11.8 Å². The number of halogens is 1. The lowest BCUT2D eigenvalue weighted by molar-refractivity contribution is -0.156. The van der Waals surface area contributed by atoms with Crippen LogP contribution < -0.4 is 11.4 Å². The Morgan fingerprint density at radius 2 is 2.14 bits per heavy atom. The van der Waals surface area contributed by atoms with E-state index < -0.39 is 17.7 Å². The monoisotopic (exact) mass is 208 g/mol. The molecule has 0 aromatic heterocycles. The number of hydrogen-bond acceptors (Lipinski definition) is 5. The number of esters is 1. The molecule has 0 fully saturated rings. The lowest BCUT2D eigenvalue weighted by Gasteiger charge is -2.20. The molecule has 3 N–H and O–H groups in total. The maximum Gasteiger partial charge on any atom is 0.309 e. The fourth-order valence-corrected chi connectivity index (χ4v) is 0.775. The van der Waals surface area contributed by atoms with E-state index in [1.807, 2.05) is 0 Å². The van der Waals surface area contributed by atoms with Crippen molar-refractivity contribution in [1.82, 2.24) is 5.48 Å². The summed E-state index contributed by atoms with van der Waals surface area (Å²) in [4.78, 5) is 15.0. The largest absolute Gasteiger partial charge is 0.460 e. The fraction of sp³-hybridized carbons (Fsp3) is 0.875. The number of ether oxygens (including phenoxy) is 1. The molecule has 0 aliphatic rings. The Kier molecular flexibility index (Phi) is 5.59. The van der Waals surface area contributed by atoms with Crippen LogP contribution in [0.2, 0.25) is 0 Å².